The van der Waals surface area contributed by atoms with Crippen molar-refractivity contribution in [2.45, 2.75) is 19.8 Å². The van der Waals surface area contributed by atoms with Crippen molar-refractivity contribution in [2.24, 2.45) is 0 Å². The van der Waals surface area contributed by atoms with Gasteiger partial charge in [-0.15, -0.1) is 11.3 Å². The molecule has 100 valence electrons. The van der Waals surface area contributed by atoms with Crippen molar-refractivity contribution in [1.29, 1.82) is 0 Å². The molecule has 0 aliphatic rings. The predicted molar refractivity (Wildman–Crippen MR) is 82.3 cm³/mol. The van der Waals surface area contributed by atoms with E-state index in [1.807, 2.05) is 35.7 Å². The van der Waals surface area contributed by atoms with Crippen LogP contribution in [0.25, 0.3) is 0 Å². The van der Waals surface area contributed by atoms with E-state index in [1.54, 1.807) is 11.3 Å². The molecule has 0 saturated carbocycles. The number of hydrogen-bond donors (Lipinski definition) is 0. The van der Waals surface area contributed by atoms with E-state index in [0.717, 1.165) is 21.5 Å². The van der Waals surface area contributed by atoms with Gasteiger partial charge in [-0.1, -0.05) is 19.1 Å². The topological polar surface area (TPSA) is 26.3 Å². The van der Waals surface area contributed by atoms with Crippen LogP contribution < -0.4 is 4.74 Å². The summed E-state index contributed by atoms with van der Waals surface area (Å²) in [7, 11) is 0. The number of ketones is 1. The standard InChI is InChI=1S/C15H15BrO2S/c1-2-7-18-12-5-3-4-11(9-12)14(17)10-15-13(16)6-8-19-15/h3-6,8-9H,2,7,10H2,1H3. The van der Waals surface area contributed by atoms with Crippen molar-refractivity contribution < 1.29 is 9.53 Å². The van der Waals surface area contributed by atoms with Gasteiger partial charge in [0, 0.05) is 21.3 Å². The minimum Gasteiger partial charge on any atom is -0.494 e. The Morgan fingerprint density at radius 1 is 1.37 bits per heavy atom. The smallest absolute Gasteiger partial charge is 0.168 e. The van der Waals surface area contributed by atoms with Gasteiger partial charge >= 0.3 is 0 Å². The number of thiophene rings is 1. The fraction of sp³-hybridized carbons (Fsp3) is 0.267. The fourth-order valence-corrected chi connectivity index (χ4v) is 3.17. The lowest BCUT2D eigenvalue weighted by Crippen LogP contribution is -2.03. The molecular weight excluding hydrogens is 324 g/mol. The van der Waals surface area contributed by atoms with Crippen LogP contribution in [0, 0.1) is 0 Å². The van der Waals surface area contributed by atoms with Gasteiger partial charge in [0.05, 0.1) is 6.61 Å². The van der Waals surface area contributed by atoms with Gasteiger partial charge in [-0.25, -0.2) is 0 Å². The second kappa shape index (κ2) is 6.87. The van der Waals surface area contributed by atoms with E-state index in [0.29, 0.717) is 18.6 Å². The number of rotatable bonds is 6. The highest BCUT2D eigenvalue weighted by molar-refractivity contribution is 9.10. The summed E-state index contributed by atoms with van der Waals surface area (Å²) >= 11 is 5.04. The number of ether oxygens (including phenoxy) is 1. The molecular formula is C15H15BrO2S. The molecule has 0 atom stereocenters. The monoisotopic (exact) mass is 338 g/mol. The van der Waals surface area contributed by atoms with Crippen LogP contribution in [0.3, 0.4) is 0 Å². The summed E-state index contributed by atoms with van der Waals surface area (Å²) < 4.78 is 6.55. The van der Waals surface area contributed by atoms with Crippen LogP contribution in [0.5, 0.6) is 5.75 Å². The van der Waals surface area contributed by atoms with Gasteiger partial charge in [0.2, 0.25) is 0 Å². The minimum atomic E-state index is 0.116. The quantitative estimate of drug-likeness (QED) is 0.712. The first-order valence-corrected chi connectivity index (χ1v) is 7.86. The van der Waals surface area contributed by atoms with E-state index in [1.165, 1.54) is 0 Å². The Labute approximate surface area is 125 Å². The van der Waals surface area contributed by atoms with Crippen molar-refractivity contribution in [1.82, 2.24) is 0 Å². The third kappa shape index (κ3) is 3.91. The lowest BCUT2D eigenvalue weighted by atomic mass is 10.1. The molecule has 1 aromatic carbocycles. The maximum absolute atomic E-state index is 12.2. The van der Waals surface area contributed by atoms with Crippen LogP contribution in [0.15, 0.2) is 40.2 Å². The lowest BCUT2D eigenvalue weighted by molar-refractivity contribution is 0.0993. The summed E-state index contributed by atoms with van der Waals surface area (Å²) in [6, 6.07) is 9.37. The molecule has 2 nitrogen and oxygen atoms in total. The fourth-order valence-electron chi connectivity index (χ4n) is 1.68. The second-order valence-electron chi connectivity index (χ2n) is 4.17. The number of benzene rings is 1. The van der Waals surface area contributed by atoms with Crippen molar-refractivity contribution in [2.75, 3.05) is 6.61 Å². The predicted octanol–water partition coefficient (Wildman–Crippen LogP) is 4.72. The van der Waals surface area contributed by atoms with Crippen LogP contribution in [0.4, 0.5) is 0 Å². The first-order chi connectivity index (χ1) is 9.20. The van der Waals surface area contributed by atoms with Crippen LogP contribution in [-0.2, 0) is 6.42 Å². The summed E-state index contributed by atoms with van der Waals surface area (Å²) in [4.78, 5) is 13.3. The van der Waals surface area contributed by atoms with Crippen molar-refractivity contribution in [3.05, 3.63) is 50.6 Å². The number of halogens is 1. The second-order valence-corrected chi connectivity index (χ2v) is 6.02. The number of carbonyl (C=O) groups excluding carboxylic acids is 1. The number of carbonyl (C=O) groups is 1. The zero-order valence-electron chi connectivity index (χ0n) is 10.7. The summed E-state index contributed by atoms with van der Waals surface area (Å²) in [6.07, 6.45) is 1.38. The summed E-state index contributed by atoms with van der Waals surface area (Å²) in [6.45, 7) is 2.73. The van der Waals surface area contributed by atoms with Crippen LogP contribution in [0.2, 0.25) is 0 Å². The highest BCUT2D eigenvalue weighted by atomic mass is 79.9. The van der Waals surface area contributed by atoms with E-state index in [9.17, 15) is 4.79 Å². The molecule has 19 heavy (non-hydrogen) atoms. The Hall–Kier alpha value is -1.13. The van der Waals surface area contributed by atoms with Gasteiger partial charge in [0.15, 0.2) is 5.78 Å². The Bertz CT molecular complexity index is 563. The normalized spacial score (nSPS) is 10.4. The average Bonchev–Trinajstić information content (AvgIpc) is 2.82. The molecule has 0 fully saturated rings. The third-order valence-electron chi connectivity index (χ3n) is 2.64. The van der Waals surface area contributed by atoms with Crippen LogP contribution >= 0.6 is 27.3 Å². The third-order valence-corrected chi connectivity index (χ3v) is 4.57. The van der Waals surface area contributed by atoms with Crippen LogP contribution in [0.1, 0.15) is 28.6 Å². The van der Waals surface area contributed by atoms with Gasteiger partial charge in [0.1, 0.15) is 5.75 Å². The van der Waals surface area contributed by atoms with E-state index >= 15 is 0 Å². The molecule has 2 rings (SSSR count). The number of Topliss-reactive ketones (excluding diaryl/α,β-unsaturated/α-hetero) is 1. The molecule has 0 aliphatic heterocycles. The maximum atomic E-state index is 12.2. The molecule has 0 aliphatic carbocycles. The molecule has 1 aromatic heterocycles. The molecule has 0 unspecified atom stereocenters. The SMILES string of the molecule is CCCOc1cccc(C(=O)Cc2sccc2Br)c1. The highest BCUT2D eigenvalue weighted by Crippen LogP contribution is 2.24. The minimum absolute atomic E-state index is 0.116. The Morgan fingerprint density at radius 3 is 2.89 bits per heavy atom. The molecule has 2 aromatic rings. The first-order valence-electron chi connectivity index (χ1n) is 6.18. The molecule has 1 heterocycles. The first kappa shape index (κ1) is 14.3. The van der Waals surface area contributed by atoms with Crippen molar-refractivity contribution in [3.63, 3.8) is 0 Å². The largest absolute Gasteiger partial charge is 0.494 e. The molecule has 0 N–H and O–H groups in total. The molecule has 0 bridgehead atoms. The number of hydrogen-bond acceptors (Lipinski definition) is 3. The zero-order chi connectivity index (χ0) is 13.7. The summed E-state index contributed by atoms with van der Waals surface area (Å²) in [5, 5.41) is 1.98. The Morgan fingerprint density at radius 2 is 2.21 bits per heavy atom. The molecule has 4 heteroatoms. The van der Waals surface area contributed by atoms with Crippen LogP contribution in [-0.4, -0.2) is 12.4 Å². The summed E-state index contributed by atoms with van der Waals surface area (Å²) in [5.41, 5.74) is 0.703. The molecule has 0 spiro atoms. The van der Waals surface area contributed by atoms with E-state index in [2.05, 4.69) is 22.9 Å². The Kier molecular flexibility index (Phi) is 5.16. The maximum Gasteiger partial charge on any atom is 0.168 e. The van der Waals surface area contributed by atoms with Gasteiger partial charge < -0.3 is 4.74 Å². The van der Waals surface area contributed by atoms with Gasteiger partial charge in [-0.2, -0.15) is 0 Å². The van der Waals surface area contributed by atoms with Gasteiger partial charge in [-0.3, -0.25) is 4.79 Å². The van der Waals surface area contributed by atoms with Gasteiger partial charge in [-0.05, 0) is 45.9 Å². The zero-order valence-corrected chi connectivity index (χ0v) is 13.1. The average molecular weight is 339 g/mol. The molecule has 0 saturated heterocycles. The van der Waals surface area contributed by atoms with Crippen molar-refractivity contribution in [3.8, 4) is 5.75 Å². The summed E-state index contributed by atoms with van der Waals surface area (Å²) in [5.74, 6) is 0.878. The van der Waals surface area contributed by atoms with E-state index in [4.69, 9.17) is 4.74 Å². The highest BCUT2D eigenvalue weighted by Gasteiger charge is 2.11. The van der Waals surface area contributed by atoms with Gasteiger partial charge in [0.25, 0.3) is 0 Å². The Balaban J connectivity index is 2.08. The van der Waals surface area contributed by atoms with Crippen molar-refractivity contribution >= 4 is 33.0 Å². The molecule has 0 amide bonds. The van der Waals surface area contributed by atoms with E-state index in [-0.39, 0.29) is 5.78 Å². The van der Waals surface area contributed by atoms with E-state index < -0.39 is 0 Å². The molecule has 0 radical (unpaired) electrons. The lowest BCUT2D eigenvalue weighted by Gasteiger charge is -2.06.